The quantitative estimate of drug-likeness (QED) is 0.552. The van der Waals surface area contributed by atoms with Crippen LogP contribution in [0.3, 0.4) is 0 Å². The number of amides is 1. The van der Waals surface area contributed by atoms with Crippen molar-refractivity contribution in [3.8, 4) is 17.2 Å². The molecule has 0 aliphatic heterocycles. The van der Waals surface area contributed by atoms with Gasteiger partial charge in [0.05, 0.1) is 19.8 Å². The lowest BCUT2D eigenvalue weighted by Crippen LogP contribution is -2.20. The summed E-state index contributed by atoms with van der Waals surface area (Å²) in [4.78, 5) is 12.4. The third-order valence-electron chi connectivity index (χ3n) is 3.34. The summed E-state index contributed by atoms with van der Waals surface area (Å²) in [5.74, 6) is 1.43. The maximum absolute atomic E-state index is 12.4. The van der Waals surface area contributed by atoms with Gasteiger partial charge in [-0.2, -0.15) is 5.10 Å². The van der Waals surface area contributed by atoms with E-state index >= 15 is 0 Å². The summed E-state index contributed by atoms with van der Waals surface area (Å²) >= 11 is 0. The third kappa shape index (κ3) is 5.44. The molecule has 0 fully saturated rings. The molecule has 0 unspecified atom stereocenters. The average Bonchev–Trinajstić information content (AvgIpc) is 2.55. The van der Waals surface area contributed by atoms with Crippen LogP contribution in [0.2, 0.25) is 0 Å². The first-order chi connectivity index (χ1) is 11.4. The molecule has 0 saturated heterocycles. The van der Waals surface area contributed by atoms with Gasteiger partial charge in [-0.05, 0) is 45.7 Å². The normalized spacial score (nSPS) is 11.4. The third-order valence-corrected chi connectivity index (χ3v) is 3.34. The molecule has 24 heavy (non-hydrogen) atoms. The molecule has 0 atom stereocenters. The summed E-state index contributed by atoms with van der Waals surface area (Å²) in [6.45, 7) is 12.9. The number of nitrogens with one attached hydrogen (secondary N) is 1. The number of ether oxygens (including phenoxy) is 3. The number of hydrogen-bond acceptors (Lipinski definition) is 5. The second-order valence-corrected chi connectivity index (χ2v) is 5.45. The van der Waals surface area contributed by atoms with Crippen molar-refractivity contribution in [2.75, 3.05) is 19.8 Å². The zero-order chi connectivity index (χ0) is 18.1. The van der Waals surface area contributed by atoms with E-state index in [1.54, 1.807) is 12.1 Å². The summed E-state index contributed by atoms with van der Waals surface area (Å²) in [6.07, 6.45) is 0. The second kappa shape index (κ2) is 9.80. The standard InChI is InChI=1S/C18H28N2O4/c1-7-22-15-10-14(18(21)20-19-13(6)12(4)5)11-16(23-8-2)17(15)24-9-3/h10-12H,7-9H2,1-6H3,(H,20,21). The first-order valence-electron chi connectivity index (χ1n) is 8.35. The van der Waals surface area contributed by atoms with Crippen LogP contribution in [0.1, 0.15) is 51.9 Å². The van der Waals surface area contributed by atoms with Gasteiger partial charge in [-0.1, -0.05) is 13.8 Å². The van der Waals surface area contributed by atoms with Gasteiger partial charge in [0.15, 0.2) is 11.5 Å². The molecule has 0 bridgehead atoms. The number of nitrogens with zero attached hydrogens (tertiary/aromatic N) is 1. The van der Waals surface area contributed by atoms with Crippen LogP contribution in [0, 0.1) is 5.92 Å². The SMILES string of the molecule is CCOc1cc(C(=O)NN=C(C)C(C)C)cc(OCC)c1OCC. The van der Waals surface area contributed by atoms with Gasteiger partial charge in [0.1, 0.15) is 0 Å². The van der Waals surface area contributed by atoms with Crippen molar-refractivity contribution < 1.29 is 19.0 Å². The van der Waals surface area contributed by atoms with Crippen LogP contribution in [0.15, 0.2) is 17.2 Å². The highest BCUT2D eigenvalue weighted by Crippen LogP contribution is 2.39. The predicted octanol–water partition coefficient (Wildman–Crippen LogP) is 3.64. The van der Waals surface area contributed by atoms with E-state index in [2.05, 4.69) is 10.5 Å². The van der Waals surface area contributed by atoms with Gasteiger partial charge < -0.3 is 14.2 Å². The lowest BCUT2D eigenvalue weighted by molar-refractivity contribution is 0.0953. The van der Waals surface area contributed by atoms with E-state index in [1.165, 1.54) is 0 Å². The zero-order valence-electron chi connectivity index (χ0n) is 15.4. The van der Waals surface area contributed by atoms with Gasteiger partial charge in [-0.15, -0.1) is 0 Å². The number of carbonyl (C=O) groups is 1. The maximum atomic E-state index is 12.4. The Labute approximate surface area is 144 Å². The van der Waals surface area contributed by atoms with Crippen LogP contribution >= 0.6 is 0 Å². The molecule has 0 spiro atoms. The lowest BCUT2D eigenvalue weighted by Gasteiger charge is -2.16. The molecule has 0 saturated carbocycles. The van der Waals surface area contributed by atoms with Gasteiger partial charge in [-0.3, -0.25) is 4.79 Å². The van der Waals surface area contributed by atoms with Crippen LogP contribution in [-0.4, -0.2) is 31.4 Å². The van der Waals surface area contributed by atoms with E-state index in [9.17, 15) is 4.79 Å². The summed E-state index contributed by atoms with van der Waals surface area (Å²) in [6, 6.07) is 3.29. The molecule has 6 heteroatoms. The van der Waals surface area contributed by atoms with Crippen LogP contribution in [0.25, 0.3) is 0 Å². The highest BCUT2D eigenvalue weighted by molar-refractivity contribution is 5.96. The molecular weight excluding hydrogens is 308 g/mol. The molecule has 1 N–H and O–H groups in total. The van der Waals surface area contributed by atoms with Gasteiger partial charge in [-0.25, -0.2) is 5.43 Å². The molecule has 1 aromatic rings. The van der Waals surface area contributed by atoms with Crippen LogP contribution in [-0.2, 0) is 0 Å². The summed E-state index contributed by atoms with van der Waals surface area (Å²) in [5, 5.41) is 4.11. The minimum absolute atomic E-state index is 0.267. The molecule has 1 aromatic carbocycles. The number of carbonyl (C=O) groups excluding carboxylic acids is 1. The summed E-state index contributed by atoms with van der Waals surface area (Å²) in [7, 11) is 0. The summed E-state index contributed by atoms with van der Waals surface area (Å²) in [5.41, 5.74) is 3.83. The van der Waals surface area contributed by atoms with Crippen molar-refractivity contribution in [3.63, 3.8) is 0 Å². The average molecular weight is 336 g/mol. The van der Waals surface area contributed by atoms with Crippen molar-refractivity contribution >= 4 is 11.6 Å². The molecular formula is C18H28N2O4. The molecule has 0 radical (unpaired) electrons. The van der Waals surface area contributed by atoms with Gasteiger partial charge >= 0.3 is 0 Å². The van der Waals surface area contributed by atoms with Crippen molar-refractivity contribution in [1.29, 1.82) is 0 Å². The molecule has 1 amide bonds. The van der Waals surface area contributed by atoms with Crippen molar-refractivity contribution in [2.45, 2.75) is 41.5 Å². The summed E-state index contributed by atoms with van der Waals surface area (Å²) < 4.78 is 16.8. The lowest BCUT2D eigenvalue weighted by atomic mass is 10.1. The largest absolute Gasteiger partial charge is 0.490 e. The highest BCUT2D eigenvalue weighted by atomic mass is 16.5. The monoisotopic (exact) mass is 336 g/mol. The molecule has 134 valence electrons. The zero-order valence-corrected chi connectivity index (χ0v) is 15.4. The Bertz CT molecular complexity index is 555. The van der Waals surface area contributed by atoms with E-state index in [0.29, 0.717) is 42.6 Å². The van der Waals surface area contributed by atoms with E-state index in [-0.39, 0.29) is 11.8 Å². The molecule has 0 aromatic heterocycles. The van der Waals surface area contributed by atoms with E-state index < -0.39 is 0 Å². The van der Waals surface area contributed by atoms with Crippen LogP contribution in [0.4, 0.5) is 0 Å². The minimum Gasteiger partial charge on any atom is -0.490 e. The first kappa shape index (κ1) is 19.8. The minimum atomic E-state index is -0.319. The van der Waals surface area contributed by atoms with Crippen molar-refractivity contribution in [2.24, 2.45) is 11.0 Å². The Morgan fingerprint density at radius 3 is 1.96 bits per heavy atom. The highest BCUT2D eigenvalue weighted by Gasteiger charge is 2.18. The van der Waals surface area contributed by atoms with Crippen LogP contribution in [0.5, 0.6) is 17.2 Å². The molecule has 1 rings (SSSR count). The Kier molecular flexibility index (Phi) is 8.09. The molecule has 0 aliphatic carbocycles. The number of rotatable bonds is 9. The predicted molar refractivity (Wildman–Crippen MR) is 95.4 cm³/mol. The molecule has 0 aliphatic rings. The molecule has 0 heterocycles. The fourth-order valence-corrected chi connectivity index (χ4v) is 1.85. The van der Waals surface area contributed by atoms with Crippen molar-refractivity contribution in [3.05, 3.63) is 17.7 Å². The van der Waals surface area contributed by atoms with Gasteiger partial charge in [0, 0.05) is 11.3 Å². The number of hydrogen-bond donors (Lipinski definition) is 1. The Morgan fingerprint density at radius 2 is 1.54 bits per heavy atom. The van der Waals surface area contributed by atoms with Crippen molar-refractivity contribution in [1.82, 2.24) is 5.43 Å². The number of hydrazone groups is 1. The second-order valence-electron chi connectivity index (χ2n) is 5.45. The topological polar surface area (TPSA) is 69.2 Å². The van der Waals surface area contributed by atoms with Gasteiger partial charge in [0.2, 0.25) is 5.75 Å². The maximum Gasteiger partial charge on any atom is 0.271 e. The smallest absolute Gasteiger partial charge is 0.271 e. The van der Waals surface area contributed by atoms with E-state index in [1.807, 2.05) is 41.5 Å². The Morgan fingerprint density at radius 1 is 1.04 bits per heavy atom. The fraction of sp³-hybridized carbons (Fsp3) is 0.556. The fourth-order valence-electron chi connectivity index (χ4n) is 1.85. The van der Waals surface area contributed by atoms with E-state index in [4.69, 9.17) is 14.2 Å². The van der Waals surface area contributed by atoms with Gasteiger partial charge in [0.25, 0.3) is 5.91 Å². The Hall–Kier alpha value is -2.24. The van der Waals surface area contributed by atoms with Crippen LogP contribution < -0.4 is 19.6 Å². The van der Waals surface area contributed by atoms with E-state index in [0.717, 1.165) is 5.71 Å². The Balaban J connectivity index is 3.18. The number of benzene rings is 1. The molecule has 6 nitrogen and oxygen atoms in total. The first-order valence-corrected chi connectivity index (χ1v) is 8.35.